The highest BCUT2D eigenvalue weighted by Gasteiger charge is 2.13. The summed E-state index contributed by atoms with van der Waals surface area (Å²) in [5.74, 6) is 0.917. The highest BCUT2D eigenvalue weighted by molar-refractivity contribution is 7.98. The fraction of sp³-hybridized carbons (Fsp3) is 0.0556. The number of thioether (sulfide) groups is 1. The average Bonchev–Trinajstić information content (AvgIpc) is 3.31. The lowest BCUT2D eigenvalue weighted by Crippen LogP contribution is -1.87. The van der Waals surface area contributed by atoms with Crippen LogP contribution in [0.1, 0.15) is 5.56 Å². The predicted octanol–water partition coefficient (Wildman–Crippen LogP) is 5.70. The summed E-state index contributed by atoms with van der Waals surface area (Å²) >= 11 is 5.10. The zero-order valence-corrected chi connectivity index (χ0v) is 15.6. The summed E-state index contributed by atoms with van der Waals surface area (Å²) < 4.78 is 0. The van der Waals surface area contributed by atoms with Crippen LogP contribution in [0.25, 0.3) is 9.88 Å². The number of nitrogens with zero attached hydrogens (tertiary/aromatic N) is 3. The number of aromatic nitrogens is 3. The minimum atomic E-state index is 0.805. The van der Waals surface area contributed by atoms with Gasteiger partial charge in [-0.1, -0.05) is 29.5 Å². The molecule has 124 valence electrons. The van der Waals surface area contributed by atoms with Gasteiger partial charge in [-0.05, 0) is 41.3 Å². The third kappa shape index (κ3) is 4.07. The summed E-state index contributed by atoms with van der Waals surface area (Å²) in [7, 11) is 0. The van der Waals surface area contributed by atoms with Crippen molar-refractivity contribution in [3.05, 3.63) is 71.9 Å². The van der Waals surface area contributed by atoms with E-state index in [1.165, 1.54) is 15.3 Å². The summed E-state index contributed by atoms with van der Waals surface area (Å²) in [5, 5.41) is 15.8. The number of hydrogen-bond acceptors (Lipinski definition) is 7. The van der Waals surface area contributed by atoms with Gasteiger partial charge in [-0.15, -0.1) is 33.3 Å². The second-order valence-electron chi connectivity index (χ2n) is 5.16. The number of nitrogens with one attached hydrogen (secondary N) is 1. The first-order valence-corrected chi connectivity index (χ1v) is 10.3. The van der Waals surface area contributed by atoms with Crippen LogP contribution >= 0.6 is 34.4 Å². The summed E-state index contributed by atoms with van der Waals surface area (Å²) in [4.78, 5) is 6.48. The summed E-state index contributed by atoms with van der Waals surface area (Å²) in [6, 6.07) is 16.3. The Labute approximate surface area is 158 Å². The maximum Gasteiger partial charge on any atom is 0.210 e. The molecule has 4 nitrogen and oxygen atoms in total. The smallest absolute Gasteiger partial charge is 0.210 e. The van der Waals surface area contributed by atoms with Crippen molar-refractivity contribution in [2.24, 2.45) is 0 Å². The maximum absolute atomic E-state index is 4.36. The van der Waals surface area contributed by atoms with Crippen LogP contribution in [0.2, 0.25) is 0 Å². The Balaban J connectivity index is 1.48. The third-order valence-electron chi connectivity index (χ3n) is 3.42. The highest BCUT2D eigenvalue weighted by atomic mass is 32.2. The zero-order valence-electron chi connectivity index (χ0n) is 13.1. The van der Waals surface area contributed by atoms with Crippen LogP contribution in [-0.2, 0) is 5.75 Å². The molecule has 0 spiro atoms. The number of pyridine rings is 1. The molecule has 0 aliphatic carbocycles. The molecule has 0 aliphatic heterocycles. The normalized spacial score (nSPS) is 10.7. The van der Waals surface area contributed by atoms with Gasteiger partial charge in [0.2, 0.25) is 5.13 Å². The van der Waals surface area contributed by atoms with E-state index in [1.807, 2.05) is 66.6 Å². The molecule has 0 saturated carbocycles. The summed E-state index contributed by atoms with van der Waals surface area (Å²) in [5.41, 5.74) is 2.28. The van der Waals surface area contributed by atoms with Crippen LogP contribution in [0.4, 0.5) is 10.8 Å². The molecule has 0 bridgehead atoms. The highest BCUT2D eigenvalue weighted by Crippen LogP contribution is 2.40. The second kappa shape index (κ2) is 7.77. The van der Waals surface area contributed by atoms with Gasteiger partial charge in [0.25, 0.3) is 0 Å². The van der Waals surface area contributed by atoms with Crippen LogP contribution in [0, 0.1) is 0 Å². The van der Waals surface area contributed by atoms with Gasteiger partial charge in [0.15, 0.2) is 5.01 Å². The van der Waals surface area contributed by atoms with Gasteiger partial charge in [0.1, 0.15) is 0 Å². The lowest BCUT2D eigenvalue weighted by molar-refractivity contribution is 1.10. The largest absolute Gasteiger partial charge is 0.330 e. The molecule has 3 aromatic heterocycles. The predicted molar refractivity (Wildman–Crippen MR) is 107 cm³/mol. The van der Waals surface area contributed by atoms with E-state index in [-0.39, 0.29) is 0 Å². The number of hydrogen-bond donors (Lipinski definition) is 1. The van der Waals surface area contributed by atoms with Crippen LogP contribution in [0.5, 0.6) is 0 Å². The van der Waals surface area contributed by atoms with E-state index in [1.54, 1.807) is 22.7 Å². The zero-order chi connectivity index (χ0) is 16.9. The molecule has 3 heterocycles. The molecule has 0 saturated heterocycles. The van der Waals surface area contributed by atoms with Crippen molar-refractivity contribution in [2.75, 3.05) is 5.32 Å². The van der Waals surface area contributed by atoms with Crippen molar-refractivity contribution in [1.29, 1.82) is 0 Å². The molecule has 7 heteroatoms. The van der Waals surface area contributed by atoms with Crippen LogP contribution in [0.3, 0.4) is 0 Å². The van der Waals surface area contributed by atoms with Crippen LogP contribution in [0.15, 0.2) is 71.2 Å². The monoisotopic (exact) mass is 382 g/mol. The SMILES string of the molecule is c1ccc(Nc2nnc(-c3sccc3SCc3ccncc3)s2)cc1. The fourth-order valence-electron chi connectivity index (χ4n) is 2.22. The van der Waals surface area contributed by atoms with Gasteiger partial charge >= 0.3 is 0 Å². The molecule has 25 heavy (non-hydrogen) atoms. The Bertz CT molecular complexity index is 935. The molecular formula is C18H14N4S3. The number of thiophene rings is 1. The number of anilines is 2. The molecule has 4 aromatic rings. The van der Waals surface area contributed by atoms with Crippen molar-refractivity contribution in [2.45, 2.75) is 10.6 Å². The lowest BCUT2D eigenvalue weighted by atomic mass is 10.3. The molecular weight excluding hydrogens is 368 g/mol. The van der Waals surface area contributed by atoms with Gasteiger partial charge in [0.05, 0.1) is 4.88 Å². The molecule has 1 N–H and O–H groups in total. The first kappa shape index (κ1) is 16.3. The minimum Gasteiger partial charge on any atom is -0.330 e. The molecule has 0 fully saturated rings. The Hall–Kier alpha value is -2.22. The quantitative estimate of drug-likeness (QED) is 0.434. The molecule has 0 amide bonds. The Morgan fingerprint density at radius 1 is 0.960 bits per heavy atom. The number of para-hydroxylation sites is 1. The first-order chi connectivity index (χ1) is 12.4. The first-order valence-electron chi connectivity index (χ1n) is 7.63. The molecule has 0 aliphatic rings. The average molecular weight is 383 g/mol. The van der Waals surface area contributed by atoms with Crippen molar-refractivity contribution in [3.8, 4) is 9.88 Å². The Morgan fingerprint density at radius 3 is 2.64 bits per heavy atom. The van der Waals surface area contributed by atoms with Gasteiger partial charge in [-0.3, -0.25) is 4.98 Å². The minimum absolute atomic E-state index is 0.805. The van der Waals surface area contributed by atoms with E-state index in [9.17, 15) is 0 Å². The lowest BCUT2D eigenvalue weighted by Gasteiger charge is -2.01. The molecule has 0 radical (unpaired) electrons. The fourth-order valence-corrected chi connectivity index (χ4v) is 5.25. The summed E-state index contributed by atoms with van der Waals surface area (Å²) in [6.45, 7) is 0. The topological polar surface area (TPSA) is 50.7 Å². The van der Waals surface area contributed by atoms with E-state index < -0.39 is 0 Å². The molecule has 1 aromatic carbocycles. The van der Waals surface area contributed by atoms with Crippen LogP contribution in [-0.4, -0.2) is 15.2 Å². The van der Waals surface area contributed by atoms with Crippen LogP contribution < -0.4 is 5.32 Å². The van der Waals surface area contributed by atoms with Crippen molar-refractivity contribution in [1.82, 2.24) is 15.2 Å². The third-order valence-corrected chi connectivity index (χ3v) is 6.58. The number of rotatable bonds is 6. The van der Waals surface area contributed by atoms with Gasteiger partial charge < -0.3 is 5.32 Å². The van der Waals surface area contributed by atoms with E-state index in [0.717, 1.165) is 21.6 Å². The standard InChI is InChI=1S/C18H14N4S3/c1-2-4-14(5-3-1)20-18-22-21-17(25-18)16-15(8-11-23-16)24-12-13-6-9-19-10-7-13/h1-11H,12H2,(H,20,22). The van der Waals surface area contributed by atoms with E-state index in [0.29, 0.717) is 0 Å². The number of benzene rings is 1. The van der Waals surface area contributed by atoms with Gasteiger partial charge in [-0.2, -0.15) is 0 Å². The molecule has 0 unspecified atom stereocenters. The van der Waals surface area contributed by atoms with Crippen molar-refractivity contribution >= 4 is 45.3 Å². The van der Waals surface area contributed by atoms with Gasteiger partial charge in [0, 0.05) is 28.7 Å². The van der Waals surface area contributed by atoms with E-state index in [4.69, 9.17) is 0 Å². The van der Waals surface area contributed by atoms with Crippen molar-refractivity contribution in [3.63, 3.8) is 0 Å². The Morgan fingerprint density at radius 2 is 1.80 bits per heavy atom. The molecule has 0 atom stereocenters. The van der Waals surface area contributed by atoms with Gasteiger partial charge in [-0.25, -0.2) is 0 Å². The second-order valence-corrected chi connectivity index (χ2v) is 8.07. The Kier molecular flexibility index (Phi) is 5.06. The summed E-state index contributed by atoms with van der Waals surface area (Å²) in [6.07, 6.45) is 3.66. The maximum atomic E-state index is 4.36. The molecule has 4 rings (SSSR count). The van der Waals surface area contributed by atoms with E-state index in [2.05, 4.69) is 31.9 Å². The van der Waals surface area contributed by atoms with Crippen molar-refractivity contribution < 1.29 is 0 Å². The van der Waals surface area contributed by atoms with E-state index >= 15 is 0 Å².